The topological polar surface area (TPSA) is 47.0 Å². The number of nitrogens with one attached hydrogen (secondary N) is 1. The fraction of sp³-hybridized carbons (Fsp3) is 0.333. The highest BCUT2D eigenvalue weighted by molar-refractivity contribution is 5.19. The second kappa shape index (κ2) is 6.85. The highest BCUT2D eigenvalue weighted by atomic mass is 16.5. The van der Waals surface area contributed by atoms with E-state index >= 15 is 0 Å². The Balaban J connectivity index is 1.98. The van der Waals surface area contributed by atoms with Crippen LogP contribution in [0.3, 0.4) is 0 Å². The van der Waals surface area contributed by atoms with Gasteiger partial charge in [-0.05, 0) is 37.1 Å². The molecule has 0 bridgehead atoms. The van der Waals surface area contributed by atoms with Gasteiger partial charge in [-0.15, -0.1) is 0 Å². The first-order valence-corrected chi connectivity index (χ1v) is 6.37. The molecule has 0 saturated carbocycles. The molecule has 0 amide bonds. The van der Waals surface area contributed by atoms with Crippen molar-refractivity contribution < 1.29 is 4.74 Å². The molecule has 0 aliphatic heterocycles. The maximum Gasteiger partial charge on any atom is 0.212 e. The largest absolute Gasteiger partial charge is 0.481 e. The van der Waals surface area contributed by atoms with Crippen LogP contribution in [0.4, 0.5) is 0 Å². The molecule has 19 heavy (non-hydrogen) atoms. The summed E-state index contributed by atoms with van der Waals surface area (Å²) >= 11 is 0. The van der Waals surface area contributed by atoms with Crippen LogP contribution in [0.2, 0.25) is 0 Å². The fourth-order valence-corrected chi connectivity index (χ4v) is 2.02. The molecule has 2 heterocycles. The van der Waals surface area contributed by atoms with E-state index in [1.54, 1.807) is 13.3 Å². The number of hydrogen-bond acceptors (Lipinski definition) is 4. The zero-order valence-electron chi connectivity index (χ0n) is 11.3. The highest BCUT2D eigenvalue weighted by Gasteiger charge is 2.09. The monoisotopic (exact) mass is 257 g/mol. The van der Waals surface area contributed by atoms with Crippen molar-refractivity contribution in [1.82, 2.24) is 15.3 Å². The molecule has 0 fully saturated rings. The van der Waals surface area contributed by atoms with Gasteiger partial charge in [-0.25, -0.2) is 4.98 Å². The molecule has 1 unspecified atom stereocenters. The second-order valence-corrected chi connectivity index (χ2v) is 4.46. The minimum Gasteiger partial charge on any atom is -0.481 e. The van der Waals surface area contributed by atoms with E-state index in [0.717, 1.165) is 12.8 Å². The number of ether oxygens (including phenoxy) is 1. The maximum absolute atomic E-state index is 5.06. The number of hydrogen-bond donors (Lipinski definition) is 1. The Bertz CT molecular complexity index is 485. The van der Waals surface area contributed by atoms with Crippen molar-refractivity contribution in [1.29, 1.82) is 0 Å². The quantitative estimate of drug-likeness (QED) is 0.858. The van der Waals surface area contributed by atoms with Crippen LogP contribution in [0, 0.1) is 0 Å². The molecule has 2 aromatic rings. The predicted molar refractivity (Wildman–Crippen MR) is 75.3 cm³/mol. The van der Waals surface area contributed by atoms with E-state index in [1.165, 1.54) is 11.1 Å². The Morgan fingerprint density at radius 1 is 1.16 bits per heavy atom. The highest BCUT2D eigenvalue weighted by Crippen LogP contribution is 2.11. The van der Waals surface area contributed by atoms with Gasteiger partial charge in [0.05, 0.1) is 7.11 Å². The molecule has 0 aliphatic carbocycles. The molecular weight excluding hydrogens is 238 g/mol. The van der Waals surface area contributed by atoms with E-state index in [-0.39, 0.29) is 0 Å². The molecule has 4 nitrogen and oxygen atoms in total. The Kier molecular flexibility index (Phi) is 4.86. The first kappa shape index (κ1) is 13.5. The van der Waals surface area contributed by atoms with Crippen molar-refractivity contribution in [2.45, 2.75) is 18.9 Å². The van der Waals surface area contributed by atoms with Crippen LogP contribution < -0.4 is 10.1 Å². The first-order valence-electron chi connectivity index (χ1n) is 6.37. The molecule has 1 atom stereocenters. The van der Waals surface area contributed by atoms with E-state index in [4.69, 9.17) is 4.74 Å². The van der Waals surface area contributed by atoms with Gasteiger partial charge in [0.25, 0.3) is 0 Å². The van der Waals surface area contributed by atoms with Gasteiger partial charge >= 0.3 is 0 Å². The summed E-state index contributed by atoms with van der Waals surface area (Å²) in [5.41, 5.74) is 2.44. The van der Waals surface area contributed by atoms with Gasteiger partial charge in [0.2, 0.25) is 5.88 Å². The van der Waals surface area contributed by atoms with Gasteiger partial charge in [0.15, 0.2) is 0 Å². The Labute approximate surface area is 113 Å². The third-order valence-corrected chi connectivity index (χ3v) is 3.10. The van der Waals surface area contributed by atoms with Crippen LogP contribution in [0.5, 0.6) is 5.88 Å². The van der Waals surface area contributed by atoms with Crippen molar-refractivity contribution in [3.05, 3.63) is 54.0 Å². The minimum absolute atomic E-state index is 0.374. The van der Waals surface area contributed by atoms with E-state index in [1.807, 2.05) is 31.6 Å². The summed E-state index contributed by atoms with van der Waals surface area (Å²) in [4.78, 5) is 8.37. The third kappa shape index (κ3) is 4.03. The van der Waals surface area contributed by atoms with Crippen LogP contribution in [-0.4, -0.2) is 30.2 Å². The fourth-order valence-electron chi connectivity index (χ4n) is 2.02. The lowest BCUT2D eigenvalue weighted by atomic mass is 10.0. The van der Waals surface area contributed by atoms with Crippen LogP contribution in [0.1, 0.15) is 11.1 Å². The molecule has 2 rings (SSSR count). The predicted octanol–water partition coefficient (Wildman–Crippen LogP) is 1.86. The van der Waals surface area contributed by atoms with Crippen molar-refractivity contribution in [3.8, 4) is 5.88 Å². The first-order chi connectivity index (χ1) is 9.31. The van der Waals surface area contributed by atoms with Gasteiger partial charge < -0.3 is 10.1 Å². The van der Waals surface area contributed by atoms with Crippen LogP contribution in [0.25, 0.3) is 0 Å². The van der Waals surface area contributed by atoms with Gasteiger partial charge in [-0.1, -0.05) is 12.1 Å². The SMILES string of the molecule is CNC(Cc1cccnc1)Cc1ccc(OC)nc1. The van der Waals surface area contributed by atoms with Crippen molar-refractivity contribution >= 4 is 0 Å². The van der Waals surface area contributed by atoms with Gasteiger partial charge in [0, 0.05) is 30.7 Å². The summed E-state index contributed by atoms with van der Waals surface area (Å²) in [5, 5.41) is 3.34. The zero-order chi connectivity index (χ0) is 13.5. The van der Waals surface area contributed by atoms with E-state index < -0.39 is 0 Å². The normalized spacial score (nSPS) is 12.1. The maximum atomic E-state index is 5.06. The molecule has 0 spiro atoms. The average molecular weight is 257 g/mol. The van der Waals surface area contributed by atoms with Gasteiger partial charge in [-0.2, -0.15) is 0 Å². The Morgan fingerprint density at radius 2 is 1.95 bits per heavy atom. The summed E-state index contributed by atoms with van der Waals surface area (Å²) in [6, 6.07) is 8.39. The summed E-state index contributed by atoms with van der Waals surface area (Å²) in [5.74, 6) is 0.650. The molecule has 1 N–H and O–H groups in total. The summed E-state index contributed by atoms with van der Waals surface area (Å²) in [7, 11) is 3.61. The Morgan fingerprint density at radius 3 is 2.47 bits per heavy atom. The summed E-state index contributed by atoms with van der Waals surface area (Å²) in [6.07, 6.45) is 7.47. The van der Waals surface area contributed by atoms with E-state index in [2.05, 4.69) is 27.4 Å². The molecular formula is C15H19N3O. The lowest BCUT2D eigenvalue weighted by Crippen LogP contribution is -2.30. The third-order valence-electron chi connectivity index (χ3n) is 3.10. The minimum atomic E-state index is 0.374. The van der Waals surface area contributed by atoms with E-state index in [9.17, 15) is 0 Å². The molecule has 0 saturated heterocycles. The van der Waals surface area contributed by atoms with Gasteiger partial charge in [0.1, 0.15) is 0 Å². The van der Waals surface area contributed by atoms with Gasteiger partial charge in [-0.3, -0.25) is 4.98 Å². The van der Waals surface area contributed by atoms with Crippen molar-refractivity contribution in [3.63, 3.8) is 0 Å². The second-order valence-electron chi connectivity index (χ2n) is 4.46. The number of likely N-dealkylation sites (N-methyl/N-ethyl adjacent to an activating group) is 1. The summed E-state index contributed by atoms with van der Waals surface area (Å²) in [6.45, 7) is 0. The van der Waals surface area contributed by atoms with Crippen LogP contribution >= 0.6 is 0 Å². The van der Waals surface area contributed by atoms with Crippen LogP contribution in [0.15, 0.2) is 42.9 Å². The number of aromatic nitrogens is 2. The molecule has 100 valence electrons. The van der Waals surface area contributed by atoms with Crippen molar-refractivity contribution in [2.24, 2.45) is 0 Å². The number of rotatable bonds is 6. The zero-order valence-corrected chi connectivity index (χ0v) is 11.3. The molecule has 0 aromatic carbocycles. The van der Waals surface area contributed by atoms with Crippen molar-refractivity contribution in [2.75, 3.05) is 14.2 Å². The molecule has 0 aliphatic rings. The summed E-state index contributed by atoms with van der Waals surface area (Å²) < 4.78 is 5.06. The van der Waals surface area contributed by atoms with Crippen LogP contribution in [-0.2, 0) is 12.8 Å². The standard InChI is InChI=1S/C15H19N3O/c1-16-14(8-12-4-3-7-17-10-12)9-13-5-6-15(19-2)18-11-13/h3-7,10-11,14,16H,8-9H2,1-2H3. The van der Waals surface area contributed by atoms with E-state index in [0.29, 0.717) is 11.9 Å². The number of methoxy groups -OCH3 is 1. The number of nitrogens with zero attached hydrogens (tertiary/aromatic N) is 2. The number of pyridine rings is 2. The average Bonchev–Trinajstić information content (AvgIpc) is 2.48. The molecule has 2 aromatic heterocycles. The molecule has 0 radical (unpaired) electrons. The lowest BCUT2D eigenvalue weighted by Gasteiger charge is -2.16. The Hall–Kier alpha value is -1.94. The molecule has 4 heteroatoms. The lowest BCUT2D eigenvalue weighted by molar-refractivity contribution is 0.397. The smallest absolute Gasteiger partial charge is 0.212 e.